The first kappa shape index (κ1) is 28.8. The molecular weight excluding hydrogens is 492 g/mol. The first-order valence-electron chi connectivity index (χ1n) is 12.8. The molecule has 0 spiro atoms. The molecule has 4 heterocycles. The SMILES string of the molecule is CC.CCC1CN(c2cnc(/N=C(\N)c3cc(F)c4nc(C)cn4c3)c(F)c2)CCN1C(=O)OC(C)(C)C. The summed E-state index contributed by atoms with van der Waals surface area (Å²) in [5.74, 6) is -1.48. The standard InChI is InChI=1S/C25H31F2N7O2.C2H6/c1-6-17-14-32(7-8-34(17)24(35)36-25(3,4)5)18-10-19(26)22(29-11-18)31-21(28)16-9-20(27)23-30-15(2)12-33(23)13-16;1-2/h9-13,17H,6-8,14H2,1-5H3,(H2,28,29,31);1-2H3. The molecular formula is C27H37F2N7O2. The molecule has 1 aliphatic heterocycles. The molecule has 2 N–H and O–H groups in total. The number of nitrogens with two attached hydrogens (primary N) is 1. The summed E-state index contributed by atoms with van der Waals surface area (Å²) < 4.78 is 36.4. The van der Waals surface area contributed by atoms with Crippen LogP contribution in [0.15, 0.2) is 35.7 Å². The Hall–Kier alpha value is -3.76. The van der Waals surface area contributed by atoms with Gasteiger partial charge in [-0.3, -0.25) is 0 Å². The zero-order valence-corrected chi connectivity index (χ0v) is 23.1. The van der Waals surface area contributed by atoms with Gasteiger partial charge in [-0.05, 0) is 40.2 Å². The summed E-state index contributed by atoms with van der Waals surface area (Å²) in [7, 11) is 0. The molecule has 1 saturated heterocycles. The Morgan fingerprint density at radius 1 is 1.18 bits per heavy atom. The number of piperazine rings is 1. The van der Waals surface area contributed by atoms with E-state index in [0.717, 1.165) is 6.42 Å². The molecule has 0 aliphatic carbocycles. The van der Waals surface area contributed by atoms with E-state index < -0.39 is 17.2 Å². The molecule has 1 atom stereocenters. The quantitative estimate of drug-likeness (QED) is 0.368. The van der Waals surface area contributed by atoms with E-state index >= 15 is 0 Å². The summed E-state index contributed by atoms with van der Waals surface area (Å²) in [6, 6.07) is 2.47. The number of nitrogens with zero attached hydrogens (tertiary/aromatic N) is 6. The van der Waals surface area contributed by atoms with E-state index in [9.17, 15) is 13.6 Å². The average Bonchev–Trinajstić information content (AvgIpc) is 3.25. The van der Waals surface area contributed by atoms with Crippen molar-refractivity contribution in [2.24, 2.45) is 10.7 Å². The fourth-order valence-corrected chi connectivity index (χ4v) is 4.17. The van der Waals surface area contributed by atoms with Crippen LogP contribution in [0.25, 0.3) is 5.65 Å². The normalized spacial score (nSPS) is 16.3. The molecule has 0 bridgehead atoms. The van der Waals surface area contributed by atoms with E-state index in [2.05, 4.69) is 15.0 Å². The molecule has 11 heteroatoms. The number of rotatable bonds is 4. The van der Waals surface area contributed by atoms with Gasteiger partial charge < -0.3 is 24.7 Å². The van der Waals surface area contributed by atoms with Crippen molar-refractivity contribution in [1.29, 1.82) is 0 Å². The van der Waals surface area contributed by atoms with Gasteiger partial charge in [-0.15, -0.1) is 0 Å². The van der Waals surface area contributed by atoms with Gasteiger partial charge >= 0.3 is 6.09 Å². The second-order valence-electron chi connectivity index (χ2n) is 9.87. The number of fused-ring (bicyclic) bond motifs is 1. The number of amides is 1. The summed E-state index contributed by atoms with van der Waals surface area (Å²) in [6.45, 7) is 14.7. The van der Waals surface area contributed by atoms with Crippen LogP contribution in [-0.4, -0.2) is 62.5 Å². The van der Waals surface area contributed by atoms with Crippen LogP contribution in [0.5, 0.6) is 0 Å². The number of aromatic nitrogens is 3. The minimum Gasteiger partial charge on any atom is -0.444 e. The van der Waals surface area contributed by atoms with Crippen LogP contribution >= 0.6 is 0 Å². The number of hydrogen-bond donors (Lipinski definition) is 1. The van der Waals surface area contributed by atoms with Crippen molar-refractivity contribution in [1.82, 2.24) is 19.3 Å². The highest BCUT2D eigenvalue weighted by Crippen LogP contribution is 2.26. The number of aryl methyl sites for hydroxylation is 1. The molecule has 0 aromatic carbocycles. The Balaban J connectivity index is 0.00000195. The highest BCUT2D eigenvalue weighted by Gasteiger charge is 2.32. The Kier molecular flexibility index (Phi) is 8.90. The molecule has 1 amide bonds. The molecule has 3 aromatic heterocycles. The summed E-state index contributed by atoms with van der Waals surface area (Å²) in [5, 5.41) is 0. The van der Waals surface area contributed by atoms with E-state index in [1.807, 2.05) is 46.4 Å². The van der Waals surface area contributed by atoms with Crippen molar-refractivity contribution in [3.05, 3.63) is 53.6 Å². The van der Waals surface area contributed by atoms with E-state index in [1.165, 1.54) is 22.7 Å². The lowest BCUT2D eigenvalue weighted by molar-refractivity contribution is 0.0136. The van der Waals surface area contributed by atoms with Crippen molar-refractivity contribution < 1.29 is 18.3 Å². The van der Waals surface area contributed by atoms with Crippen LogP contribution < -0.4 is 10.6 Å². The highest BCUT2D eigenvalue weighted by molar-refractivity contribution is 5.98. The Morgan fingerprint density at radius 2 is 1.89 bits per heavy atom. The Bertz CT molecular complexity index is 1320. The number of pyridine rings is 2. The number of imidazole rings is 1. The monoisotopic (exact) mass is 529 g/mol. The fraction of sp³-hybridized carbons (Fsp3) is 0.481. The number of halogens is 2. The smallest absolute Gasteiger partial charge is 0.410 e. The number of ether oxygens (including phenoxy) is 1. The molecule has 0 saturated carbocycles. The number of hydrogen-bond acceptors (Lipinski definition) is 6. The van der Waals surface area contributed by atoms with Crippen molar-refractivity contribution in [2.45, 2.75) is 66.5 Å². The lowest BCUT2D eigenvalue weighted by Crippen LogP contribution is -2.56. The van der Waals surface area contributed by atoms with Crippen molar-refractivity contribution in [2.75, 3.05) is 24.5 Å². The maximum Gasteiger partial charge on any atom is 0.410 e. The van der Waals surface area contributed by atoms with Crippen LogP contribution in [0.1, 0.15) is 59.2 Å². The van der Waals surface area contributed by atoms with Crippen LogP contribution in [0.4, 0.5) is 25.1 Å². The third kappa shape index (κ3) is 6.56. The number of carbonyl (C=O) groups is 1. The van der Waals surface area contributed by atoms with Crippen molar-refractivity contribution in [3.63, 3.8) is 0 Å². The number of anilines is 1. The maximum absolute atomic E-state index is 15.0. The van der Waals surface area contributed by atoms with Crippen LogP contribution in [0.3, 0.4) is 0 Å². The predicted octanol–water partition coefficient (Wildman–Crippen LogP) is 5.21. The number of amidine groups is 1. The van der Waals surface area contributed by atoms with Gasteiger partial charge in [-0.1, -0.05) is 20.8 Å². The van der Waals surface area contributed by atoms with Gasteiger partial charge in [0.15, 0.2) is 23.1 Å². The Morgan fingerprint density at radius 3 is 2.53 bits per heavy atom. The molecule has 9 nitrogen and oxygen atoms in total. The van der Waals surface area contributed by atoms with Gasteiger partial charge in [0.05, 0.1) is 23.6 Å². The van der Waals surface area contributed by atoms with Crippen LogP contribution in [0.2, 0.25) is 0 Å². The maximum atomic E-state index is 15.0. The van der Waals surface area contributed by atoms with Crippen molar-refractivity contribution in [3.8, 4) is 0 Å². The highest BCUT2D eigenvalue weighted by atomic mass is 19.1. The lowest BCUT2D eigenvalue weighted by atomic mass is 10.1. The molecule has 206 valence electrons. The van der Waals surface area contributed by atoms with Gasteiger partial charge in [0.1, 0.15) is 11.4 Å². The fourth-order valence-electron chi connectivity index (χ4n) is 4.17. The van der Waals surface area contributed by atoms with Gasteiger partial charge in [0.25, 0.3) is 0 Å². The zero-order valence-electron chi connectivity index (χ0n) is 23.1. The third-order valence-electron chi connectivity index (χ3n) is 5.90. The Labute approximate surface area is 222 Å². The number of carbonyl (C=O) groups excluding carboxylic acids is 1. The minimum absolute atomic E-state index is 0.0710. The molecule has 1 unspecified atom stereocenters. The van der Waals surface area contributed by atoms with E-state index in [4.69, 9.17) is 10.5 Å². The summed E-state index contributed by atoms with van der Waals surface area (Å²) in [6.07, 6.45) is 5.14. The summed E-state index contributed by atoms with van der Waals surface area (Å²) in [4.78, 5) is 28.7. The second-order valence-corrected chi connectivity index (χ2v) is 9.87. The van der Waals surface area contributed by atoms with Gasteiger partial charge in [-0.2, -0.15) is 0 Å². The molecule has 1 aliphatic rings. The first-order chi connectivity index (χ1) is 17.9. The molecule has 0 radical (unpaired) electrons. The van der Waals surface area contributed by atoms with E-state index in [1.54, 1.807) is 24.2 Å². The van der Waals surface area contributed by atoms with Gasteiger partial charge in [0.2, 0.25) is 0 Å². The van der Waals surface area contributed by atoms with Gasteiger partial charge in [0, 0.05) is 43.7 Å². The largest absolute Gasteiger partial charge is 0.444 e. The zero-order chi connectivity index (χ0) is 28.2. The van der Waals surface area contributed by atoms with Crippen LogP contribution in [-0.2, 0) is 4.74 Å². The average molecular weight is 530 g/mol. The molecule has 4 rings (SSSR count). The summed E-state index contributed by atoms with van der Waals surface area (Å²) >= 11 is 0. The molecule has 3 aromatic rings. The summed E-state index contributed by atoms with van der Waals surface area (Å²) in [5.41, 5.74) is 7.17. The molecule has 38 heavy (non-hydrogen) atoms. The topological polar surface area (TPSA) is 101 Å². The van der Waals surface area contributed by atoms with Crippen LogP contribution in [0, 0.1) is 18.6 Å². The van der Waals surface area contributed by atoms with Crippen molar-refractivity contribution >= 4 is 29.1 Å². The minimum atomic E-state index is -0.655. The lowest BCUT2D eigenvalue weighted by Gasteiger charge is -2.42. The molecule has 1 fully saturated rings. The van der Waals surface area contributed by atoms with E-state index in [-0.39, 0.29) is 35.0 Å². The predicted molar refractivity (Wildman–Crippen MR) is 145 cm³/mol. The second kappa shape index (κ2) is 11.7. The third-order valence-corrected chi connectivity index (χ3v) is 5.90. The van der Waals surface area contributed by atoms with E-state index in [0.29, 0.717) is 31.0 Å². The first-order valence-corrected chi connectivity index (χ1v) is 12.8. The number of aliphatic imine (C=N–C) groups is 1. The van der Waals surface area contributed by atoms with Gasteiger partial charge in [-0.25, -0.2) is 28.5 Å².